The molecule has 9 fully saturated rings. The Labute approximate surface area is 847 Å². The molecule has 10 heterocycles. The van der Waals surface area contributed by atoms with Gasteiger partial charge in [-0.25, -0.2) is 31.1 Å². The van der Waals surface area contributed by atoms with Gasteiger partial charge in [-0.3, -0.25) is 0 Å². The molecule has 10 aliphatic rings. The molecule has 36 heteroatoms. The molecule has 30 nitrogen and oxygen atoms in total. The molecule has 0 saturated carbocycles. The van der Waals surface area contributed by atoms with Crippen molar-refractivity contribution < 1.29 is 308 Å². The van der Waals surface area contributed by atoms with Crippen LogP contribution in [0.4, 0.5) is 4.79 Å². The summed E-state index contributed by atoms with van der Waals surface area (Å²) in [5, 5.41) is 51.2. The number of carbonyl (C=O) groups is 1. The standard InChI is InChI=1S/C83H130N2O28S2.4Ac/c1-20-53-61(86)71(63(88)80(99-53)104-65-38(7)36-37-95-55(65)22-3)109-78-59(84-114(91,92)51-32-28-26-29-33-51)69(107-75-45(14)39(8)42(11)48(17)96-75)66(56(23-4)101-78)105-81-64(89)72(62(87)54(21-2)100-81)110-79-60(85-115(93,94)52-34-30-27-31-35-52)70(108-76-46(15)40(9)43(12)49(18)97-76)67(57(24-5)102-79)106-82-74(73-68(58(25-6)103-82)112-83(90)113-73)111-77-47(16)41(10)44(13)50(19)98-77;;;;/h26-50,53-82,84-89H,20-25H2,1-19H3;;;;/t38?,39?,40?,41?,42-,43-,44?,45?,46?,47?,48?,49?,50+,53?,54?,55?,56?,57?,58?,59?,60?,61-,62-,63?,64?,65+,66-,67-,68-,69?,70?,71?,72?,73?,74?,75+,76+,77-,78-,79-,80-,81-,82-;;;;/m0..../s1. The van der Waals surface area contributed by atoms with Crippen LogP contribution in [0.15, 0.2) is 82.8 Å². The number of carbonyl (C=O) groups excluding carboxylic acids is 1. The minimum atomic E-state index is -4.65. The molecule has 9 saturated heterocycles. The van der Waals surface area contributed by atoms with Crippen LogP contribution in [0.3, 0.4) is 0 Å². The van der Waals surface area contributed by atoms with E-state index in [1.807, 2.05) is 75.3 Å². The van der Waals surface area contributed by atoms with Crippen molar-refractivity contribution in [2.75, 3.05) is 0 Å². The van der Waals surface area contributed by atoms with Crippen molar-refractivity contribution in [3.63, 3.8) is 0 Å². The van der Waals surface area contributed by atoms with E-state index in [0.29, 0.717) is 12.8 Å². The van der Waals surface area contributed by atoms with Crippen LogP contribution >= 0.6 is 0 Å². The van der Waals surface area contributed by atoms with Crippen molar-refractivity contribution in [3.8, 4) is 0 Å². The molecule has 0 aromatic heterocycles. The summed E-state index contributed by atoms with van der Waals surface area (Å²) in [4.78, 5) is 13.0. The van der Waals surface area contributed by atoms with Crippen molar-refractivity contribution in [1.82, 2.24) is 9.44 Å². The zero-order valence-electron chi connectivity index (χ0n) is 72.2. The number of aliphatic hydroxyl groups excluding tert-OH is 4. The summed E-state index contributed by atoms with van der Waals surface area (Å²) in [6.45, 7) is 37.3. The number of nitrogens with one attached hydrogen (secondary N) is 2. The van der Waals surface area contributed by atoms with Crippen molar-refractivity contribution >= 4 is 26.2 Å². The van der Waals surface area contributed by atoms with E-state index in [9.17, 15) is 25.2 Å². The molecule has 10 aliphatic heterocycles. The van der Waals surface area contributed by atoms with Crippen molar-refractivity contribution in [2.45, 2.75) is 383 Å². The molecular formula is C83H130Ac4N2O28S2. The number of ether oxygens (including phenoxy) is 19. The van der Waals surface area contributed by atoms with Gasteiger partial charge in [0, 0.05) is 200 Å². The van der Waals surface area contributed by atoms with Gasteiger partial charge in [0.1, 0.15) is 91.4 Å². The summed E-state index contributed by atoms with van der Waals surface area (Å²) in [5.74, 6) is -0.722. The maximum Gasteiger partial charge on any atom is 0.509 e. The van der Waals surface area contributed by atoms with Gasteiger partial charge in [-0.2, -0.15) is 0 Å². The first-order valence-corrected chi connectivity index (χ1v) is 45.2. The molecule has 0 bridgehead atoms. The van der Waals surface area contributed by atoms with Gasteiger partial charge in [0.2, 0.25) is 20.0 Å². The summed E-state index contributed by atoms with van der Waals surface area (Å²) in [5.41, 5.74) is 0. The molecule has 12 rings (SSSR count). The molecule has 2 aromatic rings. The predicted molar refractivity (Wildman–Crippen MR) is 413 cm³/mol. The molecule has 0 amide bonds. The first kappa shape index (κ1) is 106. The Morgan fingerprint density at radius 1 is 0.328 bits per heavy atom. The third-order valence-corrected chi connectivity index (χ3v) is 30.1. The van der Waals surface area contributed by atoms with Crippen molar-refractivity contribution in [3.05, 3.63) is 73.0 Å². The molecule has 119 heavy (non-hydrogen) atoms. The first-order valence-electron chi connectivity index (χ1n) is 42.2. The summed E-state index contributed by atoms with van der Waals surface area (Å²) < 4.78 is 196. The van der Waals surface area contributed by atoms with Gasteiger partial charge < -0.3 is 110 Å². The van der Waals surface area contributed by atoms with Gasteiger partial charge in [-0.1, -0.05) is 147 Å². The van der Waals surface area contributed by atoms with Gasteiger partial charge >= 0.3 is 6.16 Å². The molecule has 0 spiro atoms. The summed E-state index contributed by atoms with van der Waals surface area (Å²) in [6, 6.07) is 11.9. The molecule has 664 valence electrons. The Morgan fingerprint density at radius 3 is 1.03 bits per heavy atom. The van der Waals surface area contributed by atoms with Crippen molar-refractivity contribution in [2.24, 2.45) is 59.2 Å². The Morgan fingerprint density at radius 2 is 0.647 bits per heavy atom. The third kappa shape index (κ3) is 23.6. The maximum absolute atomic E-state index is 15.4. The second-order valence-electron chi connectivity index (χ2n) is 34.0. The topological polar surface area (TPSA) is 366 Å². The number of fused-ring (bicyclic) bond motifs is 1. The zero-order chi connectivity index (χ0) is 83.1. The second kappa shape index (κ2) is 46.6. The molecule has 26 unspecified atom stereocenters. The minimum absolute atomic E-state index is 0. The average Bonchev–Trinajstić information content (AvgIpc) is 1.74. The number of benzene rings is 2. The molecule has 43 atom stereocenters. The van der Waals surface area contributed by atoms with Gasteiger partial charge in [-0.05, 0) is 125 Å². The molecule has 6 N–H and O–H groups in total. The van der Waals surface area contributed by atoms with Crippen LogP contribution in [0.2, 0.25) is 0 Å². The summed E-state index contributed by atoms with van der Waals surface area (Å²) in [7, 11) is -9.28. The van der Waals surface area contributed by atoms with Gasteiger partial charge in [0.05, 0.1) is 58.8 Å². The van der Waals surface area contributed by atoms with E-state index >= 15 is 16.8 Å². The smallest absolute Gasteiger partial charge is 0.496 e. The Bertz CT molecular complexity index is 3720. The van der Waals surface area contributed by atoms with E-state index in [4.69, 9.17) is 90.0 Å². The minimum Gasteiger partial charge on any atom is -0.496 e. The molecule has 4 radical (unpaired) electrons. The van der Waals surface area contributed by atoms with E-state index in [1.54, 1.807) is 63.4 Å². The monoisotopic (exact) mass is 2570 g/mol. The first-order chi connectivity index (χ1) is 54.7. The number of aliphatic hydroxyl groups is 4. The quantitative estimate of drug-likeness (QED) is 0.0434. The molecule has 2 aromatic carbocycles. The van der Waals surface area contributed by atoms with E-state index < -0.39 is 211 Å². The number of rotatable bonds is 28. The van der Waals surface area contributed by atoms with E-state index in [2.05, 4.69) is 51.0 Å². The number of sulfonamides is 2. The van der Waals surface area contributed by atoms with Crippen LogP contribution in [-0.4, -0.2) is 246 Å². The normalized spacial score (nSPS) is 45.7. The third-order valence-electron chi connectivity index (χ3n) is 27.1. The average molecular weight is 2580 g/mol. The van der Waals surface area contributed by atoms with Crippen LogP contribution in [0.1, 0.15) is 170 Å². The summed E-state index contributed by atoms with van der Waals surface area (Å²) >= 11 is 0. The maximum atomic E-state index is 15.4. The fourth-order valence-corrected chi connectivity index (χ4v) is 20.7. The van der Waals surface area contributed by atoms with E-state index in [1.165, 1.54) is 24.3 Å². The van der Waals surface area contributed by atoms with Crippen LogP contribution in [-0.2, 0) is 110 Å². The van der Waals surface area contributed by atoms with Gasteiger partial charge in [0.25, 0.3) is 0 Å². The fourth-order valence-electron chi connectivity index (χ4n) is 18.2. The number of hydrogen-bond donors (Lipinski definition) is 6. The summed E-state index contributed by atoms with van der Waals surface area (Å²) in [6.07, 6.45) is -33.9. The fraction of sp³-hybridized carbons (Fsp3) is 0.819. The van der Waals surface area contributed by atoms with E-state index in [0.717, 1.165) is 0 Å². The Hall–Kier alpha value is 2.04. The predicted octanol–water partition coefficient (Wildman–Crippen LogP) is 8.70. The largest absolute Gasteiger partial charge is 0.509 e. The molecule has 0 aliphatic carbocycles. The van der Waals surface area contributed by atoms with Gasteiger partial charge in [0.15, 0.2) is 68.6 Å². The SMILES string of the molecule is CCC1O[C@@H](O[C@@H]2C(C)C=COC2CC)C(O)C(O[C@@H]2OC(CC)[C@H](O[C@@H]3OC(CC)[C@H](O)C(O[C@@H]4OC(CC)[C@H](O[C@@H]5OC(CC)[C@@H]6OC(=O)OC6C5O[C@@H]5O[C@H](C)C(C)C(C)C5C)C(O[C@H]5OC(C)[C@@H](C)C(C)C5C)C4NS(=O)(=O)c4ccccc4)C3O)C(O[C@H]3OC(C)[C@@H](C)C(C)C3C)C2NS(=O)(=O)c2ccccc2)[C@H]1O.[Ac].[Ac].[Ac].[Ac]. The number of hydrogen-bond acceptors (Lipinski definition) is 28. The zero-order valence-corrected chi connectivity index (χ0v) is 92.8. The Kier molecular flexibility index (Phi) is 41.7. The second-order valence-corrected chi connectivity index (χ2v) is 37.4. The van der Waals surface area contributed by atoms with Gasteiger partial charge in [-0.15, -0.1) is 0 Å². The van der Waals surface area contributed by atoms with Crippen LogP contribution in [0.5, 0.6) is 0 Å². The Balaban J connectivity index is 0.00000441. The van der Waals surface area contributed by atoms with Crippen LogP contribution in [0, 0.1) is 235 Å². The molecular weight excluding hydrogens is 2450 g/mol. The van der Waals surface area contributed by atoms with E-state index in [-0.39, 0.29) is 289 Å². The van der Waals surface area contributed by atoms with Crippen molar-refractivity contribution in [1.29, 1.82) is 0 Å². The van der Waals surface area contributed by atoms with Crippen LogP contribution < -0.4 is 9.44 Å². The van der Waals surface area contributed by atoms with Crippen LogP contribution in [0.25, 0.3) is 0 Å².